The number of hydrogen-bond donors (Lipinski definition) is 0. The highest BCUT2D eigenvalue weighted by Crippen LogP contribution is 2.32. The fraction of sp³-hybridized carbons (Fsp3) is 0.238. The first kappa shape index (κ1) is 16.4. The van der Waals surface area contributed by atoms with Gasteiger partial charge < -0.3 is 14.1 Å². The molecule has 1 aliphatic heterocycles. The van der Waals surface area contributed by atoms with E-state index in [1.165, 1.54) is 11.6 Å². The van der Waals surface area contributed by atoms with Gasteiger partial charge in [0.1, 0.15) is 11.3 Å². The average Bonchev–Trinajstić information content (AvgIpc) is 2.96. The molecule has 4 rings (SSSR count). The van der Waals surface area contributed by atoms with E-state index in [9.17, 15) is 9.59 Å². The molecule has 0 bridgehead atoms. The molecule has 0 saturated heterocycles. The molecule has 5 heteroatoms. The summed E-state index contributed by atoms with van der Waals surface area (Å²) >= 11 is 0. The Labute approximate surface area is 150 Å². The SMILES string of the molecule is C[C@H](Oc1ccc2ccc(=O)oc2c1)C(=O)N1c2ccccc2C[C@H]1C. The van der Waals surface area contributed by atoms with Crippen LogP contribution in [-0.2, 0) is 11.2 Å². The van der Waals surface area contributed by atoms with Crippen LogP contribution >= 0.6 is 0 Å². The van der Waals surface area contributed by atoms with Gasteiger partial charge in [0.2, 0.25) is 0 Å². The zero-order chi connectivity index (χ0) is 18.3. The van der Waals surface area contributed by atoms with Crippen molar-refractivity contribution in [3.8, 4) is 5.75 Å². The first-order valence-corrected chi connectivity index (χ1v) is 8.64. The Bertz CT molecular complexity index is 1040. The molecule has 132 valence electrons. The second-order valence-corrected chi connectivity index (χ2v) is 6.60. The van der Waals surface area contributed by atoms with Crippen molar-refractivity contribution in [1.29, 1.82) is 0 Å². The van der Waals surface area contributed by atoms with Crippen LogP contribution in [0.1, 0.15) is 19.4 Å². The van der Waals surface area contributed by atoms with Crippen molar-refractivity contribution in [3.05, 3.63) is 70.6 Å². The lowest BCUT2D eigenvalue weighted by molar-refractivity contribution is -0.124. The number of fused-ring (bicyclic) bond motifs is 2. The zero-order valence-corrected chi connectivity index (χ0v) is 14.6. The molecule has 1 aromatic heterocycles. The molecule has 3 aromatic rings. The van der Waals surface area contributed by atoms with Crippen molar-refractivity contribution in [3.63, 3.8) is 0 Å². The fourth-order valence-electron chi connectivity index (χ4n) is 3.47. The van der Waals surface area contributed by atoms with Gasteiger partial charge in [0.05, 0.1) is 0 Å². The highest BCUT2D eigenvalue weighted by atomic mass is 16.5. The van der Waals surface area contributed by atoms with Gasteiger partial charge in [-0.2, -0.15) is 0 Å². The van der Waals surface area contributed by atoms with E-state index in [1.807, 2.05) is 25.1 Å². The summed E-state index contributed by atoms with van der Waals surface area (Å²) in [5.74, 6) is 0.407. The number of ether oxygens (including phenoxy) is 1. The van der Waals surface area contributed by atoms with Crippen molar-refractivity contribution in [2.24, 2.45) is 0 Å². The van der Waals surface area contributed by atoms with E-state index in [0.29, 0.717) is 11.3 Å². The molecule has 1 amide bonds. The second-order valence-electron chi connectivity index (χ2n) is 6.60. The van der Waals surface area contributed by atoms with Gasteiger partial charge in [-0.15, -0.1) is 0 Å². The van der Waals surface area contributed by atoms with E-state index in [-0.39, 0.29) is 11.9 Å². The largest absolute Gasteiger partial charge is 0.481 e. The van der Waals surface area contributed by atoms with Crippen LogP contribution in [0.4, 0.5) is 5.69 Å². The maximum absolute atomic E-state index is 13.0. The van der Waals surface area contributed by atoms with Gasteiger partial charge in [-0.25, -0.2) is 4.79 Å². The number of carbonyl (C=O) groups excluding carboxylic acids is 1. The molecule has 0 radical (unpaired) electrons. The van der Waals surface area contributed by atoms with Gasteiger partial charge in [0, 0.05) is 29.2 Å². The predicted octanol–water partition coefficient (Wildman–Crippen LogP) is 3.54. The Balaban J connectivity index is 1.57. The van der Waals surface area contributed by atoms with E-state index in [0.717, 1.165) is 17.5 Å². The molecule has 0 unspecified atom stereocenters. The lowest BCUT2D eigenvalue weighted by Gasteiger charge is -2.26. The fourth-order valence-corrected chi connectivity index (χ4v) is 3.47. The maximum atomic E-state index is 13.0. The Kier molecular flexibility index (Phi) is 3.99. The summed E-state index contributed by atoms with van der Waals surface area (Å²) in [4.78, 5) is 26.2. The third-order valence-corrected chi connectivity index (χ3v) is 4.70. The lowest BCUT2D eigenvalue weighted by Crippen LogP contribution is -2.43. The highest BCUT2D eigenvalue weighted by Gasteiger charge is 2.33. The third-order valence-electron chi connectivity index (χ3n) is 4.70. The number of rotatable bonds is 3. The summed E-state index contributed by atoms with van der Waals surface area (Å²) in [5, 5.41) is 0.804. The molecule has 0 spiro atoms. The van der Waals surface area contributed by atoms with E-state index in [1.54, 1.807) is 36.1 Å². The number of benzene rings is 2. The van der Waals surface area contributed by atoms with Gasteiger partial charge in [0.25, 0.3) is 5.91 Å². The van der Waals surface area contributed by atoms with Crippen LogP contribution in [-0.4, -0.2) is 18.1 Å². The lowest BCUT2D eigenvalue weighted by atomic mass is 10.1. The van der Waals surface area contributed by atoms with E-state index in [2.05, 4.69) is 6.07 Å². The van der Waals surface area contributed by atoms with Crippen LogP contribution in [0.5, 0.6) is 5.75 Å². The number of amides is 1. The van der Waals surface area contributed by atoms with E-state index in [4.69, 9.17) is 9.15 Å². The normalized spacial score (nSPS) is 17.2. The van der Waals surface area contributed by atoms with Gasteiger partial charge >= 0.3 is 5.63 Å². The van der Waals surface area contributed by atoms with Crippen molar-refractivity contribution >= 4 is 22.6 Å². The molecule has 0 saturated carbocycles. The number of nitrogens with zero attached hydrogens (tertiary/aromatic N) is 1. The minimum atomic E-state index is -0.656. The zero-order valence-electron chi connectivity index (χ0n) is 14.6. The predicted molar refractivity (Wildman–Crippen MR) is 99.7 cm³/mol. The third kappa shape index (κ3) is 2.86. The molecule has 2 heterocycles. The molecule has 0 N–H and O–H groups in total. The molecule has 2 aromatic carbocycles. The summed E-state index contributed by atoms with van der Waals surface area (Å²) in [6.07, 6.45) is 0.187. The Morgan fingerprint density at radius 2 is 1.96 bits per heavy atom. The Hall–Kier alpha value is -3.08. The van der Waals surface area contributed by atoms with Crippen LogP contribution in [0.3, 0.4) is 0 Å². The van der Waals surface area contributed by atoms with Crippen LogP contribution in [0.2, 0.25) is 0 Å². The maximum Gasteiger partial charge on any atom is 0.336 e. The van der Waals surface area contributed by atoms with Gasteiger partial charge in [-0.3, -0.25) is 4.79 Å². The van der Waals surface area contributed by atoms with Crippen molar-refractivity contribution in [2.75, 3.05) is 4.90 Å². The molecule has 0 fully saturated rings. The van der Waals surface area contributed by atoms with Gasteiger partial charge in [-0.05, 0) is 50.1 Å². The summed E-state index contributed by atoms with van der Waals surface area (Å²) < 4.78 is 11.0. The number of hydrogen-bond acceptors (Lipinski definition) is 4. The Morgan fingerprint density at radius 3 is 2.81 bits per heavy atom. The second kappa shape index (κ2) is 6.33. The molecule has 2 atom stereocenters. The molecular formula is C21H19NO4. The van der Waals surface area contributed by atoms with Crippen LogP contribution in [0, 0.1) is 0 Å². The van der Waals surface area contributed by atoms with Crippen molar-refractivity contribution in [2.45, 2.75) is 32.4 Å². The minimum Gasteiger partial charge on any atom is -0.481 e. The molecule has 0 aliphatic carbocycles. The van der Waals surface area contributed by atoms with E-state index >= 15 is 0 Å². The smallest absolute Gasteiger partial charge is 0.336 e. The van der Waals surface area contributed by atoms with Gasteiger partial charge in [-0.1, -0.05) is 18.2 Å². The summed E-state index contributed by atoms with van der Waals surface area (Å²) in [7, 11) is 0. The first-order chi connectivity index (χ1) is 12.5. The average molecular weight is 349 g/mol. The molecular weight excluding hydrogens is 330 g/mol. The van der Waals surface area contributed by atoms with Crippen LogP contribution in [0.15, 0.2) is 63.8 Å². The standard InChI is InChI=1S/C21H19NO4/c1-13-11-16-5-3-4-6-18(16)22(13)21(24)14(2)25-17-9-7-15-8-10-20(23)26-19(15)12-17/h3-10,12-14H,11H2,1-2H3/t13-,14+/m1/s1. The quantitative estimate of drug-likeness (QED) is 0.679. The number of para-hydroxylation sites is 1. The van der Waals surface area contributed by atoms with E-state index < -0.39 is 11.7 Å². The van der Waals surface area contributed by atoms with Crippen molar-refractivity contribution < 1.29 is 13.9 Å². The van der Waals surface area contributed by atoms with Gasteiger partial charge in [0.15, 0.2) is 6.10 Å². The van der Waals surface area contributed by atoms with Crippen LogP contribution in [0.25, 0.3) is 11.0 Å². The molecule has 26 heavy (non-hydrogen) atoms. The number of carbonyl (C=O) groups is 1. The molecule has 5 nitrogen and oxygen atoms in total. The highest BCUT2D eigenvalue weighted by molar-refractivity contribution is 5.99. The van der Waals surface area contributed by atoms with Crippen molar-refractivity contribution in [1.82, 2.24) is 0 Å². The summed E-state index contributed by atoms with van der Waals surface area (Å²) in [6, 6.07) is 16.3. The first-order valence-electron chi connectivity index (χ1n) is 8.64. The molecule has 1 aliphatic rings. The number of anilines is 1. The topological polar surface area (TPSA) is 59.8 Å². The summed E-state index contributed by atoms with van der Waals surface area (Å²) in [5.41, 5.74) is 2.15. The van der Waals surface area contributed by atoms with Crippen LogP contribution < -0.4 is 15.3 Å². The minimum absolute atomic E-state index is 0.0861. The monoisotopic (exact) mass is 349 g/mol. The summed E-state index contributed by atoms with van der Waals surface area (Å²) in [6.45, 7) is 3.77. The Morgan fingerprint density at radius 1 is 1.19 bits per heavy atom.